The van der Waals surface area contributed by atoms with Gasteiger partial charge in [-0.1, -0.05) is 0 Å². The zero-order valence-electron chi connectivity index (χ0n) is 8.28. The summed E-state index contributed by atoms with van der Waals surface area (Å²) in [5.74, 6) is 2.01. The SMILES string of the molecule is CC(N)Cc1nnc2n1CCC(Cl)C2. The van der Waals surface area contributed by atoms with Crippen LogP contribution < -0.4 is 5.73 Å². The van der Waals surface area contributed by atoms with Crippen molar-refractivity contribution < 1.29 is 0 Å². The van der Waals surface area contributed by atoms with Gasteiger partial charge in [0, 0.05) is 30.8 Å². The molecule has 4 nitrogen and oxygen atoms in total. The number of hydrogen-bond donors (Lipinski definition) is 1. The highest BCUT2D eigenvalue weighted by Gasteiger charge is 2.21. The number of halogens is 1. The van der Waals surface area contributed by atoms with Gasteiger partial charge in [0.15, 0.2) is 0 Å². The van der Waals surface area contributed by atoms with E-state index in [0.29, 0.717) is 0 Å². The number of fused-ring (bicyclic) bond motifs is 1. The van der Waals surface area contributed by atoms with Gasteiger partial charge in [-0.15, -0.1) is 21.8 Å². The van der Waals surface area contributed by atoms with Crippen LogP contribution in [0.15, 0.2) is 0 Å². The van der Waals surface area contributed by atoms with E-state index in [1.54, 1.807) is 0 Å². The topological polar surface area (TPSA) is 56.7 Å². The molecule has 0 amide bonds. The summed E-state index contributed by atoms with van der Waals surface area (Å²) in [6.07, 6.45) is 2.62. The van der Waals surface area contributed by atoms with Crippen LogP contribution in [0.2, 0.25) is 0 Å². The second kappa shape index (κ2) is 3.87. The Balaban J connectivity index is 2.20. The first-order valence-electron chi connectivity index (χ1n) is 4.97. The third kappa shape index (κ3) is 1.91. The van der Waals surface area contributed by atoms with Gasteiger partial charge in [-0.25, -0.2) is 0 Å². The van der Waals surface area contributed by atoms with Gasteiger partial charge in [0.2, 0.25) is 0 Å². The first-order valence-corrected chi connectivity index (χ1v) is 5.41. The minimum Gasteiger partial charge on any atom is -0.328 e. The van der Waals surface area contributed by atoms with Crippen LogP contribution in [0.25, 0.3) is 0 Å². The zero-order chi connectivity index (χ0) is 10.1. The standard InChI is InChI=1S/C9H15ClN4/c1-6(11)4-8-12-13-9-5-7(10)2-3-14(8)9/h6-7H,2-5,11H2,1H3. The Morgan fingerprint density at radius 1 is 1.64 bits per heavy atom. The van der Waals surface area contributed by atoms with E-state index in [-0.39, 0.29) is 11.4 Å². The van der Waals surface area contributed by atoms with E-state index >= 15 is 0 Å². The Morgan fingerprint density at radius 2 is 2.43 bits per heavy atom. The van der Waals surface area contributed by atoms with Crippen molar-refractivity contribution in [3.05, 3.63) is 11.6 Å². The summed E-state index contributed by atoms with van der Waals surface area (Å²) in [7, 11) is 0. The van der Waals surface area contributed by atoms with Gasteiger partial charge in [-0.3, -0.25) is 0 Å². The highest BCUT2D eigenvalue weighted by molar-refractivity contribution is 6.20. The molecule has 1 aliphatic rings. The lowest BCUT2D eigenvalue weighted by Crippen LogP contribution is -2.24. The quantitative estimate of drug-likeness (QED) is 0.739. The molecule has 14 heavy (non-hydrogen) atoms. The van der Waals surface area contributed by atoms with Gasteiger partial charge in [0.25, 0.3) is 0 Å². The van der Waals surface area contributed by atoms with Crippen molar-refractivity contribution in [2.45, 2.75) is 44.1 Å². The van der Waals surface area contributed by atoms with Crippen LogP contribution in [0, 0.1) is 0 Å². The largest absolute Gasteiger partial charge is 0.328 e. The maximum Gasteiger partial charge on any atom is 0.134 e. The van der Waals surface area contributed by atoms with Gasteiger partial charge in [0.05, 0.1) is 0 Å². The summed E-state index contributed by atoms with van der Waals surface area (Å²) in [6, 6.07) is 0.136. The van der Waals surface area contributed by atoms with Gasteiger partial charge in [-0.05, 0) is 13.3 Å². The first kappa shape index (κ1) is 9.93. The lowest BCUT2D eigenvalue weighted by Gasteiger charge is -2.19. The summed E-state index contributed by atoms with van der Waals surface area (Å²) in [5, 5.41) is 8.50. The molecule has 0 spiro atoms. The maximum absolute atomic E-state index is 6.05. The van der Waals surface area contributed by atoms with Crippen LogP contribution in [0.5, 0.6) is 0 Å². The molecule has 0 fully saturated rings. The van der Waals surface area contributed by atoms with Gasteiger partial charge < -0.3 is 10.3 Å². The average molecular weight is 215 g/mol. The normalized spacial score (nSPS) is 23.2. The summed E-state index contributed by atoms with van der Waals surface area (Å²) >= 11 is 6.05. The van der Waals surface area contributed by atoms with Crippen molar-refractivity contribution in [3.8, 4) is 0 Å². The lowest BCUT2D eigenvalue weighted by molar-refractivity contribution is 0.506. The van der Waals surface area contributed by atoms with Crippen molar-refractivity contribution >= 4 is 11.6 Å². The van der Waals surface area contributed by atoms with Crippen molar-refractivity contribution in [1.82, 2.24) is 14.8 Å². The molecule has 78 valence electrons. The molecule has 2 atom stereocenters. The summed E-state index contributed by atoms with van der Waals surface area (Å²) in [4.78, 5) is 0. The molecule has 0 radical (unpaired) electrons. The number of nitrogens with two attached hydrogens (primary N) is 1. The lowest BCUT2D eigenvalue weighted by atomic mass is 10.1. The molecule has 0 saturated heterocycles. The minimum absolute atomic E-state index is 0.136. The van der Waals surface area contributed by atoms with E-state index in [1.165, 1.54) is 0 Å². The molecule has 1 aromatic rings. The molecule has 0 aromatic carbocycles. The van der Waals surface area contributed by atoms with E-state index in [9.17, 15) is 0 Å². The minimum atomic E-state index is 0.136. The van der Waals surface area contributed by atoms with E-state index in [0.717, 1.165) is 37.5 Å². The summed E-state index contributed by atoms with van der Waals surface area (Å²) in [6.45, 7) is 2.91. The number of rotatable bonds is 2. The smallest absolute Gasteiger partial charge is 0.134 e. The highest BCUT2D eigenvalue weighted by atomic mass is 35.5. The van der Waals surface area contributed by atoms with E-state index in [2.05, 4.69) is 14.8 Å². The van der Waals surface area contributed by atoms with Crippen LogP contribution >= 0.6 is 11.6 Å². The van der Waals surface area contributed by atoms with Gasteiger partial charge in [0.1, 0.15) is 11.6 Å². The molecule has 1 aromatic heterocycles. The van der Waals surface area contributed by atoms with Crippen LogP contribution in [0.3, 0.4) is 0 Å². The fourth-order valence-corrected chi connectivity index (χ4v) is 2.03. The fraction of sp³-hybridized carbons (Fsp3) is 0.778. The number of hydrogen-bond acceptors (Lipinski definition) is 3. The van der Waals surface area contributed by atoms with Crippen molar-refractivity contribution in [3.63, 3.8) is 0 Å². The van der Waals surface area contributed by atoms with Crippen LogP contribution in [0.1, 0.15) is 25.0 Å². The molecular weight excluding hydrogens is 200 g/mol. The molecule has 5 heteroatoms. The molecule has 0 aliphatic carbocycles. The molecule has 2 unspecified atom stereocenters. The molecule has 0 bridgehead atoms. The first-order chi connectivity index (χ1) is 6.66. The third-order valence-corrected chi connectivity index (χ3v) is 2.85. The van der Waals surface area contributed by atoms with Crippen LogP contribution in [0.4, 0.5) is 0 Å². The highest BCUT2D eigenvalue weighted by Crippen LogP contribution is 2.19. The number of nitrogens with zero attached hydrogens (tertiary/aromatic N) is 3. The molecule has 2 heterocycles. The Hall–Kier alpha value is -0.610. The Bertz CT molecular complexity index is 321. The van der Waals surface area contributed by atoms with Crippen LogP contribution in [-0.4, -0.2) is 26.2 Å². The van der Waals surface area contributed by atoms with Gasteiger partial charge >= 0.3 is 0 Å². The number of alkyl halides is 1. The summed E-state index contributed by atoms with van der Waals surface area (Å²) < 4.78 is 2.15. The Kier molecular flexibility index (Phi) is 2.74. The average Bonchev–Trinajstić information content (AvgIpc) is 2.47. The van der Waals surface area contributed by atoms with Crippen molar-refractivity contribution in [2.75, 3.05) is 0 Å². The second-order valence-electron chi connectivity index (χ2n) is 3.96. The number of aromatic nitrogens is 3. The Labute approximate surface area is 88.5 Å². The Morgan fingerprint density at radius 3 is 3.14 bits per heavy atom. The predicted octanol–water partition coefficient (Wildman–Crippen LogP) is 0.721. The van der Waals surface area contributed by atoms with E-state index in [1.807, 2.05) is 6.92 Å². The molecule has 2 rings (SSSR count). The van der Waals surface area contributed by atoms with Crippen LogP contribution in [-0.2, 0) is 19.4 Å². The molecule has 2 N–H and O–H groups in total. The fourth-order valence-electron chi connectivity index (χ4n) is 1.79. The van der Waals surface area contributed by atoms with Crippen molar-refractivity contribution in [2.24, 2.45) is 5.73 Å². The molecule has 0 saturated carbocycles. The zero-order valence-corrected chi connectivity index (χ0v) is 9.04. The van der Waals surface area contributed by atoms with Crippen molar-refractivity contribution in [1.29, 1.82) is 0 Å². The third-order valence-electron chi connectivity index (χ3n) is 2.48. The summed E-state index contributed by atoms with van der Waals surface area (Å²) in [5.41, 5.74) is 5.74. The van der Waals surface area contributed by atoms with E-state index < -0.39 is 0 Å². The van der Waals surface area contributed by atoms with Gasteiger partial charge in [-0.2, -0.15) is 0 Å². The monoisotopic (exact) mass is 214 g/mol. The predicted molar refractivity (Wildman–Crippen MR) is 55.3 cm³/mol. The molecular formula is C9H15ClN4. The second-order valence-corrected chi connectivity index (χ2v) is 4.57. The van der Waals surface area contributed by atoms with E-state index in [4.69, 9.17) is 17.3 Å². The molecule has 1 aliphatic heterocycles. The maximum atomic E-state index is 6.05.